The Kier molecular flexibility index (Phi) is 3.81. The van der Waals surface area contributed by atoms with E-state index in [0.717, 1.165) is 12.0 Å². The summed E-state index contributed by atoms with van der Waals surface area (Å²) in [5.74, 6) is 0.826. The van der Waals surface area contributed by atoms with Gasteiger partial charge in [-0.15, -0.1) is 0 Å². The van der Waals surface area contributed by atoms with Crippen LogP contribution in [-0.4, -0.2) is 47.6 Å². The second kappa shape index (κ2) is 4.79. The fourth-order valence-electron chi connectivity index (χ4n) is 3.21. The van der Waals surface area contributed by atoms with Crippen LogP contribution in [0.4, 0.5) is 0 Å². The van der Waals surface area contributed by atoms with Crippen LogP contribution in [0.3, 0.4) is 0 Å². The van der Waals surface area contributed by atoms with Gasteiger partial charge in [0.25, 0.3) is 0 Å². The molecule has 0 amide bonds. The highest BCUT2D eigenvalue weighted by Gasteiger charge is 2.41. The molecule has 0 radical (unpaired) electrons. The smallest absolute Gasteiger partial charge is 0.0350 e. The highest BCUT2D eigenvalue weighted by Crippen LogP contribution is 2.39. The minimum atomic E-state index is 0.360. The summed E-state index contributed by atoms with van der Waals surface area (Å²) in [4.78, 5) is 5.35. The van der Waals surface area contributed by atoms with E-state index in [0.29, 0.717) is 11.0 Å². The summed E-state index contributed by atoms with van der Waals surface area (Å²) in [5, 5.41) is 0. The molecule has 2 aliphatic rings. The Morgan fingerprint density at radius 3 is 1.94 bits per heavy atom. The third kappa shape index (κ3) is 2.75. The van der Waals surface area contributed by atoms with Crippen LogP contribution in [0.15, 0.2) is 0 Å². The lowest BCUT2D eigenvalue weighted by atomic mass is 9.71. The van der Waals surface area contributed by atoms with Gasteiger partial charge in [-0.25, -0.2) is 0 Å². The normalized spacial score (nSPS) is 27.5. The average molecular weight is 252 g/mol. The van der Waals surface area contributed by atoms with Gasteiger partial charge in [0.15, 0.2) is 0 Å². The Bertz CT molecular complexity index is 276. The van der Waals surface area contributed by atoms with Crippen molar-refractivity contribution >= 4 is 0 Å². The Hall–Kier alpha value is -0.0800. The van der Waals surface area contributed by atoms with Crippen LogP contribution in [-0.2, 0) is 0 Å². The van der Waals surface area contributed by atoms with Gasteiger partial charge in [-0.2, -0.15) is 0 Å². The predicted molar refractivity (Wildman–Crippen MR) is 78.9 cm³/mol. The van der Waals surface area contributed by atoms with Gasteiger partial charge in [-0.1, -0.05) is 20.8 Å². The van der Waals surface area contributed by atoms with Crippen molar-refractivity contribution in [1.82, 2.24) is 9.80 Å². The monoisotopic (exact) mass is 252 g/mol. The first kappa shape index (κ1) is 14.3. The topological polar surface area (TPSA) is 6.48 Å². The molecular weight excluding hydrogens is 220 g/mol. The predicted octanol–water partition coefficient (Wildman–Crippen LogP) is 3.23. The first-order valence-corrected chi connectivity index (χ1v) is 7.71. The maximum absolute atomic E-state index is 2.74. The van der Waals surface area contributed by atoms with Crippen molar-refractivity contribution < 1.29 is 0 Å². The number of piperidine rings is 1. The maximum atomic E-state index is 2.74. The summed E-state index contributed by atoms with van der Waals surface area (Å²) in [7, 11) is 0. The molecule has 0 spiro atoms. The highest BCUT2D eigenvalue weighted by atomic mass is 15.3. The zero-order valence-electron chi connectivity index (χ0n) is 13.3. The fourth-order valence-corrected chi connectivity index (χ4v) is 3.21. The summed E-state index contributed by atoms with van der Waals surface area (Å²) in [6.45, 7) is 19.4. The summed E-state index contributed by atoms with van der Waals surface area (Å²) in [6.07, 6.45) is 2.77. The van der Waals surface area contributed by atoms with E-state index in [9.17, 15) is 0 Å². The largest absolute Gasteiger partial charge is 0.298 e. The molecule has 2 aliphatic heterocycles. The lowest BCUT2D eigenvalue weighted by molar-refractivity contribution is -0.0471. The number of nitrogens with zero attached hydrogens (tertiary/aromatic N) is 2. The lowest BCUT2D eigenvalue weighted by Gasteiger charge is -2.54. The summed E-state index contributed by atoms with van der Waals surface area (Å²) in [5.41, 5.74) is 0.947. The van der Waals surface area contributed by atoms with E-state index in [2.05, 4.69) is 51.3 Å². The second-order valence-corrected chi connectivity index (χ2v) is 8.07. The first-order valence-electron chi connectivity index (χ1n) is 7.71. The van der Waals surface area contributed by atoms with Crippen LogP contribution in [0.1, 0.15) is 54.4 Å². The number of likely N-dealkylation sites (tertiary alicyclic amines) is 2. The van der Waals surface area contributed by atoms with Gasteiger partial charge in [0.1, 0.15) is 0 Å². The molecule has 2 saturated heterocycles. The van der Waals surface area contributed by atoms with Crippen LogP contribution in [0, 0.1) is 11.3 Å². The van der Waals surface area contributed by atoms with Crippen molar-refractivity contribution in [3.63, 3.8) is 0 Å². The van der Waals surface area contributed by atoms with Gasteiger partial charge in [0.05, 0.1) is 0 Å². The molecule has 2 heterocycles. The summed E-state index contributed by atoms with van der Waals surface area (Å²) < 4.78 is 0. The first-order chi connectivity index (χ1) is 8.22. The number of hydrogen-bond acceptors (Lipinski definition) is 2. The standard InChI is InChI=1S/C16H32N2/c1-13(2)16(6)7-9-17(10-8-16)14-11-18(12-14)15(3,4)5/h13-14H,7-12H2,1-6H3. The molecule has 106 valence electrons. The molecule has 0 aromatic heterocycles. The van der Waals surface area contributed by atoms with E-state index in [1.807, 2.05) is 0 Å². The third-order valence-electron chi connectivity index (χ3n) is 5.66. The molecule has 2 fully saturated rings. The van der Waals surface area contributed by atoms with Gasteiger partial charge in [0, 0.05) is 24.7 Å². The molecule has 0 unspecified atom stereocenters. The molecular formula is C16H32N2. The van der Waals surface area contributed by atoms with E-state index in [1.165, 1.54) is 39.0 Å². The van der Waals surface area contributed by atoms with Crippen LogP contribution in [0.25, 0.3) is 0 Å². The number of rotatable bonds is 2. The Morgan fingerprint density at radius 2 is 1.56 bits per heavy atom. The summed E-state index contributed by atoms with van der Waals surface area (Å²) >= 11 is 0. The maximum Gasteiger partial charge on any atom is 0.0350 e. The lowest BCUT2D eigenvalue weighted by Crippen LogP contribution is -2.65. The van der Waals surface area contributed by atoms with Crippen LogP contribution in [0.5, 0.6) is 0 Å². The molecule has 0 aliphatic carbocycles. The van der Waals surface area contributed by atoms with Gasteiger partial charge in [0.2, 0.25) is 0 Å². The van der Waals surface area contributed by atoms with Crippen molar-refractivity contribution in [2.45, 2.75) is 66.0 Å². The minimum absolute atomic E-state index is 0.360. The van der Waals surface area contributed by atoms with Crippen molar-refractivity contribution in [2.24, 2.45) is 11.3 Å². The molecule has 2 nitrogen and oxygen atoms in total. The van der Waals surface area contributed by atoms with Crippen LogP contribution < -0.4 is 0 Å². The quantitative estimate of drug-likeness (QED) is 0.744. The molecule has 0 N–H and O–H groups in total. The Morgan fingerprint density at radius 1 is 1.06 bits per heavy atom. The summed E-state index contributed by atoms with van der Waals surface area (Å²) in [6, 6.07) is 0.834. The van der Waals surface area contributed by atoms with E-state index in [4.69, 9.17) is 0 Å². The van der Waals surface area contributed by atoms with Crippen molar-refractivity contribution in [3.8, 4) is 0 Å². The van der Waals surface area contributed by atoms with Crippen LogP contribution >= 0.6 is 0 Å². The van der Waals surface area contributed by atoms with Crippen molar-refractivity contribution in [3.05, 3.63) is 0 Å². The van der Waals surface area contributed by atoms with Crippen LogP contribution in [0.2, 0.25) is 0 Å². The zero-order valence-corrected chi connectivity index (χ0v) is 13.3. The molecule has 0 saturated carbocycles. The Balaban J connectivity index is 1.79. The SMILES string of the molecule is CC(C)C1(C)CCN(C2CN(C(C)(C)C)C2)CC1. The molecule has 2 rings (SSSR count). The molecule has 0 aromatic rings. The molecule has 18 heavy (non-hydrogen) atoms. The molecule has 0 atom stereocenters. The van der Waals surface area contributed by atoms with E-state index in [-0.39, 0.29) is 0 Å². The van der Waals surface area contributed by atoms with Crippen molar-refractivity contribution in [1.29, 1.82) is 0 Å². The second-order valence-electron chi connectivity index (χ2n) is 8.07. The number of hydrogen-bond donors (Lipinski definition) is 0. The van der Waals surface area contributed by atoms with Gasteiger partial charge >= 0.3 is 0 Å². The van der Waals surface area contributed by atoms with E-state index >= 15 is 0 Å². The highest BCUT2D eigenvalue weighted by molar-refractivity contribution is 4.96. The van der Waals surface area contributed by atoms with Gasteiger partial charge < -0.3 is 0 Å². The van der Waals surface area contributed by atoms with Gasteiger partial charge in [-0.05, 0) is 58.0 Å². The fraction of sp³-hybridized carbons (Fsp3) is 1.00. The van der Waals surface area contributed by atoms with E-state index in [1.54, 1.807) is 0 Å². The van der Waals surface area contributed by atoms with E-state index < -0.39 is 0 Å². The molecule has 0 bridgehead atoms. The molecule has 2 heteroatoms. The zero-order chi connectivity index (χ0) is 13.6. The third-order valence-corrected chi connectivity index (χ3v) is 5.66. The Labute approximate surface area is 114 Å². The van der Waals surface area contributed by atoms with Gasteiger partial charge in [-0.3, -0.25) is 9.80 Å². The van der Waals surface area contributed by atoms with Crippen molar-refractivity contribution in [2.75, 3.05) is 26.2 Å². The average Bonchev–Trinajstić information content (AvgIpc) is 2.16. The minimum Gasteiger partial charge on any atom is -0.298 e. The molecule has 0 aromatic carbocycles.